The Balaban J connectivity index is 1.79. The van der Waals surface area contributed by atoms with E-state index in [1.165, 1.54) is 7.11 Å². The Morgan fingerprint density at radius 3 is 2.39 bits per heavy atom. The van der Waals surface area contributed by atoms with E-state index in [-0.39, 0.29) is 18.3 Å². The summed E-state index contributed by atoms with van der Waals surface area (Å²) in [4.78, 5) is 27.5. The van der Waals surface area contributed by atoms with Crippen molar-refractivity contribution in [2.45, 2.75) is 19.4 Å². The summed E-state index contributed by atoms with van der Waals surface area (Å²) < 4.78 is 7.16. The fourth-order valence-electron chi connectivity index (χ4n) is 2.84. The minimum atomic E-state index is -0.474. The van der Waals surface area contributed by atoms with Crippen molar-refractivity contribution in [2.75, 3.05) is 7.11 Å². The molecule has 3 rings (SSSR count). The van der Waals surface area contributed by atoms with Gasteiger partial charge >= 0.3 is 5.97 Å². The van der Waals surface area contributed by atoms with Crippen LogP contribution in [0, 0.1) is 11.7 Å². The maximum absolute atomic E-state index is 12.7. The van der Waals surface area contributed by atoms with Crippen LogP contribution in [0.3, 0.4) is 0 Å². The van der Waals surface area contributed by atoms with Gasteiger partial charge in [-0.2, -0.15) is 0 Å². The van der Waals surface area contributed by atoms with Gasteiger partial charge in [-0.05, 0) is 49.0 Å². The minimum absolute atomic E-state index is 0.0574. The first-order valence-corrected chi connectivity index (χ1v) is 9.19. The molecular formula is C21H21N3O3S. The number of carbonyl (C=O) groups excluding carboxylic acids is 2. The molecule has 0 bridgehead atoms. The number of nitrogens with one attached hydrogen (secondary N) is 2. The van der Waals surface area contributed by atoms with E-state index in [0.717, 1.165) is 16.8 Å². The van der Waals surface area contributed by atoms with Crippen molar-refractivity contribution in [3.63, 3.8) is 0 Å². The fourth-order valence-corrected chi connectivity index (χ4v) is 3.07. The van der Waals surface area contributed by atoms with Gasteiger partial charge in [-0.15, -0.1) is 0 Å². The van der Waals surface area contributed by atoms with Gasteiger partial charge in [0.25, 0.3) is 5.91 Å². The number of imidazole rings is 1. The number of aryl methyl sites for hydroxylation is 1. The molecule has 2 N–H and O–H groups in total. The maximum atomic E-state index is 12.7. The number of amides is 1. The number of hydrogen-bond acceptors (Lipinski definition) is 4. The van der Waals surface area contributed by atoms with Gasteiger partial charge in [-0.3, -0.25) is 14.2 Å². The second-order valence-corrected chi connectivity index (χ2v) is 6.79. The van der Waals surface area contributed by atoms with Gasteiger partial charge in [0.05, 0.1) is 19.6 Å². The third-order valence-corrected chi connectivity index (χ3v) is 4.75. The van der Waals surface area contributed by atoms with Gasteiger partial charge in [0, 0.05) is 23.6 Å². The molecule has 3 aromatic rings. The van der Waals surface area contributed by atoms with Gasteiger partial charge in [0.1, 0.15) is 0 Å². The Kier molecular flexibility index (Phi) is 6.06. The third kappa shape index (κ3) is 4.55. The van der Waals surface area contributed by atoms with E-state index >= 15 is 0 Å². The monoisotopic (exact) mass is 395 g/mol. The molecule has 1 heterocycles. The van der Waals surface area contributed by atoms with Crippen LogP contribution in [0.4, 0.5) is 0 Å². The van der Waals surface area contributed by atoms with Crippen LogP contribution < -0.4 is 5.32 Å². The van der Waals surface area contributed by atoms with Gasteiger partial charge in [-0.25, -0.2) is 0 Å². The number of H-pyrrole nitrogens is 1. The number of nitrogens with zero attached hydrogens (tertiary/aromatic N) is 1. The third-order valence-electron chi connectivity index (χ3n) is 4.44. The molecule has 0 fully saturated rings. The maximum Gasteiger partial charge on any atom is 0.307 e. The average molecular weight is 395 g/mol. The normalized spacial score (nSPS) is 11.6. The summed E-state index contributed by atoms with van der Waals surface area (Å²) in [6.45, 7) is 1.98. The van der Waals surface area contributed by atoms with E-state index in [1.54, 1.807) is 18.3 Å². The number of aromatic amines is 1. The first-order valence-electron chi connectivity index (χ1n) is 8.78. The van der Waals surface area contributed by atoms with Gasteiger partial charge in [0.2, 0.25) is 0 Å². The Labute approximate surface area is 168 Å². The van der Waals surface area contributed by atoms with Crippen molar-refractivity contribution in [2.24, 2.45) is 0 Å². The predicted octanol–water partition coefficient (Wildman–Crippen LogP) is 3.88. The molecule has 28 heavy (non-hydrogen) atoms. The first-order chi connectivity index (χ1) is 13.5. The fraction of sp³-hybridized carbons (Fsp3) is 0.190. The molecule has 0 spiro atoms. The molecule has 1 atom stereocenters. The Morgan fingerprint density at radius 1 is 1.14 bits per heavy atom. The van der Waals surface area contributed by atoms with Crippen molar-refractivity contribution in [1.29, 1.82) is 0 Å². The number of benzene rings is 2. The Hall–Kier alpha value is -3.19. The Morgan fingerprint density at radius 2 is 1.82 bits per heavy atom. The zero-order chi connectivity index (χ0) is 20.1. The van der Waals surface area contributed by atoms with E-state index in [0.29, 0.717) is 10.3 Å². The molecule has 0 aliphatic rings. The highest BCUT2D eigenvalue weighted by molar-refractivity contribution is 7.71. The summed E-state index contributed by atoms with van der Waals surface area (Å²) in [5.74, 6) is -0.651. The van der Waals surface area contributed by atoms with Gasteiger partial charge in [0.15, 0.2) is 4.77 Å². The van der Waals surface area contributed by atoms with Crippen LogP contribution in [0.5, 0.6) is 0 Å². The average Bonchev–Trinajstić information content (AvgIpc) is 3.14. The summed E-state index contributed by atoms with van der Waals surface area (Å²) >= 11 is 5.21. The molecule has 1 amide bonds. The van der Waals surface area contributed by atoms with Crippen LogP contribution in [0.1, 0.15) is 33.9 Å². The van der Waals surface area contributed by atoms with Crippen LogP contribution in [0.25, 0.3) is 5.69 Å². The van der Waals surface area contributed by atoms with Gasteiger partial charge < -0.3 is 15.0 Å². The number of esters is 1. The van der Waals surface area contributed by atoms with E-state index < -0.39 is 6.04 Å². The predicted molar refractivity (Wildman–Crippen MR) is 109 cm³/mol. The van der Waals surface area contributed by atoms with Crippen molar-refractivity contribution >= 4 is 24.1 Å². The van der Waals surface area contributed by atoms with E-state index in [2.05, 4.69) is 10.3 Å². The highest BCUT2D eigenvalue weighted by Crippen LogP contribution is 2.19. The number of carbonyl (C=O) groups is 2. The highest BCUT2D eigenvalue weighted by atomic mass is 32.1. The second kappa shape index (κ2) is 8.67. The van der Waals surface area contributed by atoms with Crippen molar-refractivity contribution in [3.8, 4) is 5.69 Å². The molecule has 144 valence electrons. The Bertz CT molecular complexity index is 1020. The quantitative estimate of drug-likeness (QED) is 0.491. The lowest BCUT2D eigenvalue weighted by molar-refractivity contribution is -0.141. The van der Waals surface area contributed by atoms with Crippen LogP contribution in [-0.4, -0.2) is 28.5 Å². The SMILES string of the molecule is COC(=O)C[C@@H](NC(=O)c1ccc(-n2cc[nH]c2=S)cc1)c1ccc(C)cc1. The standard InChI is InChI=1S/C21H21N3O3S/c1-14-3-5-15(6-4-14)18(13-19(25)27-2)23-20(26)16-7-9-17(10-8-16)24-12-11-22-21(24)28/h3-12,18H,13H2,1-2H3,(H,22,28)(H,23,26)/t18-/m1/s1. The number of methoxy groups -OCH3 is 1. The highest BCUT2D eigenvalue weighted by Gasteiger charge is 2.19. The summed E-state index contributed by atoms with van der Waals surface area (Å²) in [5.41, 5.74) is 3.30. The van der Waals surface area contributed by atoms with Crippen LogP contribution >= 0.6 is 12.2 Å². The molecule has 2 aromatic carbocycles. The van der Waals surface area contributed by atoms with E-state index in [9.17, 15) is 9.59 Å². The molecular weight excluding hydrogens is 374 g/mol. The minimum Gasteiger partial charge on any atom is -0.469 e. The smallest absolute Gasteiger partial charge is 0.307 e. The van der Waals surface area contributed by atoms with Crippen LogP contribution in [0.15, 0.2) is 60.9 Å². The van der Waals surface area contributed by atoms with Crippen LogP contribution in [0.2, 0.25) is 0 Å². The number of hydrogen-bond donors (Lipinski definition) is 2. The zero-order valence-electron chi connectivity index (χ0n) is 15.6. The lowest BCUT2D eigenvalue weighted by Gasteiger charge is -2.18. The second-order valence-electron chi connectivity index (χ2n) is 6.40. The molecule has 1 aromatic heterocycles. The van der Waals surface area contributed by atoms with Crippen molar-refractivity contribution in [1.82, 2.24) is 14.9 Å². The van der Waals surface area contributed by atoms with Crippen molar-refractivity contribution in [3.05, 3.63) is 82.4 Å². The van der Waals surface area contributed by atoms with E-state index in [4.69, 9.17) is 17.0 Å². The lowest BCUT2D eigenvalue weighted by Crippen LogP contribution is -2.30. The zero-order valence-corrected chi connectivity index (χ0v) is 16.5. The van der Waals surface area contributed by atoms with Gasteiger partial charge in [-0.1, -0.05) is 29.8 Å². The van der Waals surface area contributed by atoms with Crippen LogP contribution in [-0.2, 0) is 9.53 Å². The summed E-state index contributed by atoms with van der Waals surface area (Å²) in [6.07, 6.45) is 3.63. The molecule has 0 saturated carbocycles. The lowest BCUT2D eigenvalue weighted by atomic mass is 10.0. The topological polar surface area (TPSA) is 76.1 Å². The first kappa shape index (κ1) is 19.6. The molecule has 0 aliphatic heterocycles. The largest absolute Gasteiger partial charge is 0.469 e. The number of aromatic nitrogens is 2. The van der Waals surface area contributed by atoms with Crippen molar-refractivity contribution < 1.29 is 14.3 Å². The summed E-state index contributed by atoms with van der Waals surface area (Å²) in [7, 11) is 1.33. The molecule has 7 heteroatoms. The van der Waals surface area contributed by atoms with E-state index in [1.807, 2.05) is 54.1 Å². The molecule has 0 saturated heterocycles. The molecule has 0 aliphatic carbocycles. The number of ether oxygens (including phenoxy) is 1. The number of rotatable bonds is 6. The molecule has 0 radical (unpaired) electrons. The molecule has 0 unspecified atom stereocenters. The summed E-state index contributed by atoms with van der Waals surface area (Å²) in [6, 6.07) is 14.3. The summed E-state index contributed by atoms with van der Waals surface area (Å²) in [5, 5.41) is 2.93. The molecule has 6 nitrogen and oxygen atoms in total.